The van der Waals surface area contributed by atoms with E-state index < -0.39 is 0 Å². The molecule has 0 aromatic carbocycles. The monoisotopic (exact) mass is 285 g/mol. The van der Waals surface area contributed by atoms with Crippen molar-refractivity contribution in [3.05, 3.63) is 52.8 Å². The molecule has 106 valence electrons. The lowest BCUT2D eigenvalue weighted by molar-refractivity contribution is -0.0536. The highest BCUT2D eigenvalue weighted by Crippen LogP contribution is 2.48. The maximum absolute atomic E-state index is 3.89. The fraction of sp³-hybridized carbons (Fsp3) is 0.444. The fourth-order valence-electron chi connectivity index (χ4n) is 3.54. The van der Waals surface area contributed by atoms with Gasteiger partial charge >= 0.3 is 0 Å². The second-order valence-corrected chi connectivity index (χ2v) is 7.05. The van der Waals surface area contributed by atoms with Gasteiger partial charge in [-0.3, -0.25) is 4.90 Å². The van der Waals surface area contributed by atoms with Gasteiger partial charge in [0.2, 0.25) is 0 Å². The summed E-state index contributed by atoms with van der Waals surface area (Å²) in [6.45, 7) is 9.67. The first-order valence-corrected chi connectivity index (χ1v) is 8.39. The van der Waals surface area contributed by atoms with Crippen LogP contribution in [0.3, 0.4) is 0 Å². The molecule has 0 N–H and O–H groups in total. The minimum Gasteiger partial charge on any atom is -0.298 e. The van der Waals surface area contributed by atoms with E-state index in [9.17, 15) is 0 Å². The van der Waals surface area contributed by atoms with Crippen molar-refractivity contribution in [2.24, 2.45) is 5.41 Å². The minimum absolute atomic E-state index is 0.707. The van der Waals surface area contributed by atoms with E-state index in [0.717, 1.165) is 6.54 Å². The molecule has 1 aromatic rings. The molecule has 0 bridgehead atoms. The zero-order valence-corrected chi connectivity index (χ0v) is 13.1. The largest absolute Gasteiger partial charge is 0.298 e. The van der Waals surface area contributed by atoms with Gasteiger partial charge in [-0.25, -0.2) is 0 Å². The summed E-state index contributed by atoms with van der Waals surface area (Å²) >= 11 is 1.82. The van der Waals surface area contributed by atoms with Crippen LogP contribution in [0.15, 0.2) is 47.9 Å². The molecule has 1 aliphatic heterocycles. The highest BCUT2D eigenvalue weighted by molar-refractivity contribution is 7.11. The van der Waals surface area contributed by atoms with Gasteiger partial charge < -0.3 is 0 Å². The van der Waals surface area contributed by atoms with Crippen LogP contribution in [0.4, 0.5) is 0 Å². The highest BCUT2D eigenvalue weighted by Gasteiger charge is 2.46. The average molecular weight is 285 g/mol. The maximum atomic E-state index is 3.89. The van der Waals surface area contributed by atoms with Gasteiger partial charge in [0.05, 0.1) is 0 Å². The van der Waals surface area contributed by atoms with Crippen molar-refractivity contribution in [3.63, 3.8) is 0 Å². The number of thiophene rings is 1. The Hall–Kier alpha value is -1.12. The topological polar surface area (TPSA) is 3.24 Å². The maximum Gasteiger partial charge on any atom is 0.0342 e. The molecule has 1 spiro atoms. The zero-order chi connectivity index (χ0) is 14.0. The van der Waals surface area contributed by atoms with Crippen molar-refractivity contribution < 1.29 is 0 Å². The Morgan fingerprint density at radius 1 is 1.45 bits per heavy atom. The summed E-state index contributed by atoms with van der Waals surface area (Å²) in [5.41, 5.74) is 3.48. The number of rotatable bonds is 5. The van der Waals surface area contributed by atoms with Crippen LogP contribution < -0.4 is 0 Å². The van der Waals surface area contributed by atoms with Crippen LogP contribution in [0.5, 0.6) is 0 Å². The van der Waals surface area contributed by atoms with Crippen LogP contribution in [-0.2, 0) is 0 Å². The van der Waals surface area contributed by atoms with Crippen molar-refractivity contribution in [3.8, 4) is 0 Å². The third-order valence-electron chi connectivity index (χ3n) is 4.67. The molecular weight excluding hydrogens is 262 g/mol. The number of hydrogen-bond acceptors (Lipinski definition) is 2. The van der Waals surface area contributed by atoms with Gasteiger partial charge in [0.25, 0.3) is 0 Å². The van der Waals surface area contributed by atoms with Crippen molar-refractivity contribution in [2.45, 2.75) is 26.2 Å². The Morgan fingerprint density at radius 2 is 2.25 bits per heavy atom. The van der Waals surface area contributed by atoms with Gasteiger partial charge in [0, 0.05) is 24.5 Å². The van der Waals surface area contributed by atoms with Gasteiger partial charge in [-0.15, -0.1) is 11.3 Å². The van der Waals surface area contributed by atoms with Gasteiger partial charge in [0.1, 0.15) is 0 Å². The van der Waals surface area contributed by atoms with Crippen molar-refractivity contribution >= 4 is 16.9 Å². The molecule has 3 rings (SSSR count). The second-order valence-electron chi connectivity index (χ2n) is 6.11. The first-order chi connectivity index (χ1) is 9.76. The van der Waals surface area contributed by atoms with Crippen molar-refractivity contribution in [1.29, 1.82) is 0 Å². The number of allylic oxidation sites excluding steroid dienone is 3. The molecule has 1 aromatic heterocycles. The lowest BCUT2D eigenvalue weighted by atomic mass is 9.63. The van der Waals surface area contributed by atoms with E-state index in [0.29, 0.717) is 5.41 Å². The average Bonchev–Trinajstić information content (AvgIpc) is 2.85. The predicted octanol–water partition coefficient (Wildman–Crippen LogP) is 4.75. The summed E-state index contributed by atoms with van der Waals surface area (Å²) in [7, 11) is 0. The molecule has 2 aliphatic rings. The van der Waals surface area contributed by atoms with Gasteiger partial charge in [-0.05, 0) is 47.8 Å². The van der Waals surface area contributed by atoms with E-state index >= 15 is 0 Å². The first kappa shape index (κ1) is 13.8. The minimum atomic E-state index is 0.707. The smallest absolute Gasteiger partial charge is 0.0342 e. The van der Waals surface area contributed by atoms with Crippen molar-refractivity contribution in [1.82, 2.24) is 4.90 Å². The molecule has 1 saturated carbocycles. The molecule has 2 heteroatoms. The molecule has 2 fully saturated rings. The molecule has 0 unspecified atom stereocenters. The van der Waals surface area contributed by atoms with Crippen LogP contribution in [-0.4, -0.2) is 24.5 Å². The van der Waals surface area contributed by atoms with Crippen LogP contribution in [0.25, 0.3) is 5.57 Å². The van der Waals surface area contributed by atoms with E-state index in [1.807, 2.05) is 17.4 Å². The van der Waals surface area contributed by atoms with E-state index in [4.69, 9.17) is 0 Å². The van der Waals surface area contributed by atoms with E-state index in [1.165, 1.54) is 48.4 Å². The molecule has 1 saturated heterocycles. The normalized spacial score (nSPS) is 22.4. The summed E-state index contributed by atoms with van der Waals surface area (Å²) in [6.07, 6.45) is 10.7. The third-order valence-corrected chi connectivity index (χ3v) is 5.57. The molecule has 0 radical (unpaired) electrons. The number of hydrogen-bond donors (Lipinski definition) is 0. The Labute approximate surface area is 126 Å². The van der Waals surface area contributed by atoms with E-state index in [2.05, 4.69) is 48.1 Å². The molecule has 1 nitrogen and oxygen atoms in total. The van der Waals surface area contributed by atoms with Gasteiger partial charge in [-0.1, -0.05) is 37.3 Å². The zero-order valence-electron chi connectivity index (χ0n) is 12.3. The van der Waals surface area contributed by atoms with E-state index in [-0.39, 0.29) is 0 Å². The lowest BCUT2D eigenvalue weighted by Gasteiger charge is -2.56. The number of nitrogens with zero attached hydrogens (tertiary/aromatic N) is 1. The SMILES string of the molecule is C=C/C=C(CN1CC2(CCC2)C1)\C(=C/C)c1cccs1. The second kappa shape index (κ2) is 5.71. The fourth-order valence-corrected chi connectivity index (χ4v) is 4.37. The summed E-state index contributed by atoms with van der Waals surface area (Å²) < 4.78 is 0. The van der Waals surface area contributed by atoms with Crippen LogP contribution >= 0.6 is 11.3 Å². The predicted molar refractivity (Wildman–Crippen MR) is 89.0 cm³/mol. The molecule has 20 heavy (non-hydrogen) atoms. The standard InChI is InChI=1S/C18H23NS/c1-3-7-15(16(4-2)17-8-5-11-20-17)12-19-13-18(14-19)9-6-10-18/h3-5,7-8,11H,1,6,9-10,12-14H2,2H3/b15-7-,16-4+. The van der Waals surface area contributed by atoms with Crippen molar-refractivity contribution in [2.75, 3.05) is 19.6 Å². The van der Waals surface area contributed by atoms with E-state index in [1.54, 1.807) is 0 Å². The Balaban J connectivity index is 1.70. The Morgan fingerprint density at radius 3 is 2.75 bits per heavy atom. The summed E-state index contributed by atoms with van der Waals surface area (Å²) in [5.74, 6) is 0. The van der Waals surface area contributed by atoms with Gasteiger partial charge in [-0.2, -0.15) is 0 Å². The molecule has 2 heterocycles. The van der Waals surface area contributed by atoms with Crippen LogP contribution in [0.1, 0.15) is 31.1 Å². The lowest BCUT2D eigenvalue weighted by Crippen LogP contribution is -2.59. The Kier molecular flexibility index (Phi) is 3.95. The quantitative estimate of drug-likeness (QED) is 0.706. The Bertz CT molecular complexity index is 524. The summed E-state index contributed by atoms with van der Waals surface area (Å²) in [4.78, 5) is 3.95. The molecule has 0 atom stereocenters. The molecule has 1 aliphatic carbocycles. The summed E-state index contributed by atoms with van der Waals surface area (Å²) in [5, 5.41) is 2.15. The highest BCUT2D eigenvalue weighted by atomic mass is 32.1. The molecular formula is C18H23NS. The van der Waals surface area contributed by atoms with Crippen LogP contribution in [0, 0.1) is 5.41 Å². The van der Waals surface area contributed by atoms with Crippen LogP contribution in [0.2, 0.25) is 0 Å². The summed E-state index contributed by atoms with van der Waals surface area (Å²) in [6, 6.07) is 4.34. The van der Waals surface area contributed by atoms with Gasteiger partial charge in [0.15, 0.2) is 0 Å². The number of likely N-dealkylation sites (tertiary alicyclic amines) is 1. The first-order valence-electron chi connectivity index (χ1n) is 7.51. The third kappa shape index (κ3) is 2.55. The molecule has 0 amide bonds.